The first-order chi connectivity index (χ1) is 11.0. The number of carbonyl (C=O) groups is 1. The van der Waals surface area contributed by atoms with Gasteiger partial charge in [-0.2, -0.15) is 0 Å². The Balaban J connectivity index is 1.74. The lowest BCUT2D eigenvalue weighted by Crippen LogP contribution is -2.20. The molecule has 0 aliphatic carbocycles. The lowest BCUT2D eigenvalue weighted by atomic mass is 10.2. The Morgan fingerprint density at radius 2 is 1.83 bits per heavy atom. The summed E-state index contributed by atoms with van der Waals surface area (Å²) in [6, 6.07) is 15.3. The van der Waals surface area contributed by atoms with E-state index in [1.165, 1.54) is 12.5 Å². The molecule has 0 aromatic heterocycles. The van der Waals surface area contributed by atoms with Gasteiger partial charge in [-0.1, -0.05) is 17.7 Å². The van der Waals surface area contributed by atoms with E-state index in [2.05, 4.69) is 5.32 Å². The minimum Gasteiger partial charge on any atom is -0.491 e. The standard InChI is InChI=1S/C18H21NO3S/c1-13-3-7-17(8-4-13)22-11-16(21)12-23-18-9-5-15(6-10-18)19-14(2)20/h3-10,16,21H,11-12H2,1-2H3,(H,19,20)/t16-/m1/s1. The van der Waals surface area contributed by atoms with E-state index in [1.54, 1.807) is 11.8 Å². The smallest absolute Gasteiger partial charge is 0.221 e. The van der Waals surface area contributed by atoms with Crippen LogP contribution >= 0.6 is 11.8 Å². The van der Waals surface area contributed by atoms with Gasteiger partial charge in [0.1, 0.15) is 12.4 Å². The fourth-order valence-electron chi connectivity index (χ4n) is 1.91. The van der Waals surface area contributed by atoms with Crippen LogP contribution in [0.25, 0.3) is 0 Å². The number of hydrogen-bond donors (Lipinski definition) is 2. The highest BCUT2D eigenvalue weighted by atomic mass is 32.2. The highest BCUT2D eigenvalue weighted by Gasteiger charge is 2.07. The number of amides is 1. The molecular weight excluding hydrogens is 310 g/mol. The van der Waals surface area contributed by atoms with Crippen molar-refractivity contribution in [3.8, 4) is 5.75 Å². The van der Waals surface area contributed by atoms with E-state index in [0.717, 1.165) is 16.3 Å². The maximum absolute atomic E-state index is 11.0. The fourth-order valence-corrected chi connectivity index (χ4v) is 2.71. The zero-order valence-electron chi connectivity index (χ0n) is 13.3. The molecule has 122 valence electrons. The molecule has 0 bridgehead atoms. The number of carbonyl (C=O) groups excluding carboxylic acids is 1. The van der Waals surface area contributed by atoms with Crippen LogP contribution in [0.5, 0.6) is 5.75 Å². The average Bonchev–Trinajstić information content (AvgIpc) is 2.53. The third kappa shape index (κ3) is 6.34. The molecule has 23 heavy (non-hydrogen) atoms. The van der Waals surface area contributed by atoms with Crippen molar-refractivity contribution in [3.05, 3.63) is 54.1 Å². The van der Waals surface area contributed by atoms with Crippen molar-refractivity contribution in [2.24, 2.45) is 0 Å². The number of benzene rings is 2. The lowest BCUT2D eigenvalue weighted by molar-refractivity contribution is -0.114. The molecule has 0 heterocycles. The van der Waals surface area contributed by atoms with Crippen LogP contribution in [0.1, 0.15) is 12.5 Å². The summed E-state index contributed by atoms with van der Waals surface area (Å²) in [4.78, 5) is 12.0. The van der Waals surface area contributed by atoms with Gasteiger partial charge >= 0.3 is 0 Å². The SMILES string of the molecule is CC(=O)Nc1ccc(SC[C@H](O)COc2ccc(C)cc2)cc1. The Morgan fingerprint density at radius 3 is 2.43 bits per heavy atom. The maximum Gasteiger partial charge on any atom is 0.221 e. The number of hydrogen-bond acceptors (Lipinski definition) is 4. The van der Waals surface area contributed by atoms with Gasteiger partial charge < -0.3 is 15.2 Å². The summed E-state index contributed by atoms with van der Waals surface area (Å²) in [5, 5.41) is 12.7. The molecule has 0 aliphatic rings. The van der Waals surface area contributed by atoms with E-state index in [4.69, 9.17) is 4.74 Å². The minimum atomic E-state index is -0.545. The summed E-state index contributed by atoms with van der Waals surface area (Å²) in [5.74, 6) is 1.22. The molecule has 0 spiro atoms. The van der Waals surface area contributed by atoms with Crippen LogP contribution in [0.3, 0.4) is 0 Å². The highest BCUT2D eigenvalue weighted by molar-refractivity contribution is 7.99. The molecule has 1 atom stereocenters. The lowest BCUT2D eigenvalue weighted by Gasteiger charge is -2.12. The van der Waals surface area contributed by atoms with Crippen molar-refractivity contribution in [2.45, 2.75) is 24.8 Å². The second-order valence-electron chi connectivity index (χ2n) is 5.29. The Kier molecular flexibility index (Phi) is 6.50. The third-order valence-corrected chi connectivity index (χ3v) is 4.24. The summed E-state index contributed by atoms with van der Waals surface area (Å²) >= 11 is 1.55. The van der Waals surface area contributed by atoms with Gasteiger partial charge in [0.2, 0.25) is 5.91 Å². The Morgan fingerprint density at radius 1 is 1.17 bits per heavy atom. The van der Waals surface area contributed by atoms with E-state index < -0.39 is 6.10 Å². The molecule has 4 nitrogen and oxygen atoms in total. The number of nitrogens with one attached hydrogen (secondary N) is 1. The molecule has 0 unspecified atom stereocenters. The number of ether oxygens (including phenoxy) is 1. The van der Waals surface area contributed by atoms with Gasteiger partial charge in [0, 0.05) is 23.3 Å². The molecule has 1 amide bonds. The van der Waals surface area contributed by atoms with Crippen LogP contribution < -0.4 is 10.1 Å². The molecule has 2 aromatic rings. The van der Waals surface area contributed by atoms with Crippen molar-refractivity contribution >= 4 is 23.4 Å². The second kappa shape index (κ2) is 8.60. The molecule has 0 radical (unpaired) electrons. The van der Waals surface area contributed by atoms with Crippen molar-refractivity contribution in [1.29, 1.82) is 0 Å². The van der Waals surface area contributed by atoms with Gasteiger partial charge in [0.05, 0.1) is 6.10 Å². The first-order valence-corrected chi connectivity index (χ1v) is 8.39. The minimum absolute atomic E-state index is 0.0888. The summed E-state index contributed by atoms with van der Waals surface area (Å²) in [6.07, 6.45) is -0.545. The molecule has 0 fully saturated rings. The summed E-state index contributed by atoms with van der Waals surface area (Å²) in [7, 11) is 0. The van der Waals surface area contributed by atoms with Gasteiger partial charge in [-0.25, -0.2) is 0 Å². The van der Waals surface area contributed by atoms with Gasteiger partial charge in [-0.05, 0) is 43.3 Å². The molecular formula is C18H21NO3S. The molecule has 2 rings (SSSR count). The summed E-state index contributed by atoms with van der Waals surface area (Å²) in [6.45, 7) is 3.76. The van der Waals surface area contributed by atoms with Crippen molar-refractivity contribution < 1.29 is 14.6 Å². The van der Waals surface area contributed by atoms with Crippen molar-refractivity contribution in [3.63, 3.8) is 0 Å². The predicted molar refractivity (Wildman–Crippen MR) is 94.2 cm³/mol. The normalized spacial score (nSPS) is 11.8. The molecule has 0 aliphatic heterocycles. The quantitative estimate of drug-likeness (QED) is 0.763. The van der Waals surface area contributed by atoms with Gasteiger partial charge in [0.25, 0.3) is 0 Å². The number of aliphatic hydroxyl groups excluding tert-OH is 1. The molecule has 2 N–H and O–H groups in total. The molecule has 0 saturated heterocycles. The Labute approximate surface area is 140 Å². The fraction of sp³-hybridized carbons (Fsp3) is 0.278. The Bertz CT molecular complexity index is 626. The van der Waals surface area contributed by atoms with E-state index in [1.807, 2.05) is 55.5 Å². The van der Waals surface area contributed by atoms with Crippen LogP contribution in [0.15, 0.2) is 53.4 Å². The number of anilines is 1. The van der Waals surface area contributed by atoms with Crippen LogP contribution in [0, 0.1) is 6.92 Å². The first-order valence-electron chi connectivity index (χ1n) is 7.41. The zero-order valence-corrected chi connectivity index (χ0v) is 14.1. The average molecular weight is 331 g/mol. The van der Waals surface area contributed by atoms with Crippen molar-refractivity contribution in [1.82, 2.24) is 0 Å². The maximum atomic E-state index is 11.0. The topological polar surface area (TPSA) is 58.6 Å². The number of aliphatic hydroxyl groups is 1. The molecule has 2 aromatic carbocycles. The van der Waals surface area contributed by atoms with Gasteiger partial charge in [-0.15, -0.1) is 11.8 Å². The van der Waals surface area contributed by atoms with Crippen LogP contribution in [-0.2, 0) is 4.79 Å². The monoisotopic (exact) mass is 331 g/mol. The first kappa shape index (κ1) is 17.4. The van der Waals surface area contributed by atoms with Crippen LogP contribution in [-0.4, -0.2) is 29.5 Å². The van der Waals surface area contributed by atoms with Crippen molar-refractivity contribution in [2.75, 3.05) is 17.7 Å². The zero-order chi connectivity index (χ0) is 16.7. The summed E-state index contributed by atoms with van der Waals surface area (Å²) < 4.78 is 5.56. The van der Waals surface area contributed by atoms with Crippen LogP contribution in [0.4, 0.5) is 5.69 Å². The van der Waals surface area contributed by atoms with E-state index in [9.17, 15) is 9.90 Å². The largest absolute Gasteiger partial charge is 0.491 e. The van der Waals surface area contributed by atoms with Crippen LogP contribution in [0.2, 0.25) is 0 Å². The predicted octanol–water partition coefficient (Wildman–Crippen LogP) is 3.49. The molecule has 5 heteroatoms. The number of aryl methyl sites for hydroxylation is 1. The number of rotatable bonds is 7. The van der Waals surface area contributed by atoms with Gasteiger partial charge in [-0.3, -0.25) is 4.79 Å². The van der Waals surface area contributed by atoms with E-state index in [0.29, 0.717) is 5.75 Å². The van der Waals surface area contributed by atoms with E-state index >= 15 is 0 Å². The van der Waals surface area contributed by atoms with E-state index in [-0.39, 0.29) is 12.5 Å². The molecule has 0 saturated carbocycles. The third-order valence-electron chi connectivity index (χ3n) is 3.08. The highest BCUT2D eigenvalue weighted by Crippen LogP contribution is 2.21. The Hall–Kier alpha value is -1.98. The van der Waals surface area contributed by atoms with Gasteiger partial charge in [0.15, 0.2) is 0 Å². The second-order valence-corrected chi connectivity index (χ2v) is 6.39. The number of thioether (sulfide) groups is 1. The summed E-state index contributed by atoms with van der Waals surface area (Å²) in [5.41, 5.74) is 1.95.